The Bertz CT molecular complexity index is 559. The average Bonchev–Trinajstić information content (AvgIpc) is 2.70. The van der Waals surface area contributed by atoms with E-state index in [-0.39, 0.29) is 30.5 Å². The lowest BCUT2D eigenvalue weighted by molar-refractivity contribution is 0.462. The number of H-pyrrole nitrogens is 2. The topological polar surface area (TPSA) is 73.6 Å². The van der Waals surface area contributed by atoms with Crippen LogP contribution < -0.4 is 11.0 Å². The van der Waals surface area contributed by atoms with Crippen LogP contribution in [0.5, 0.6) is 0 Å². The third-order valence-electron chi connectivity index (χ3n) is 3.23. The minimum Gasteiger partial charge on any atom is -0.317 e. The molecule has 1 saturated heterocycles. The Morgan fingerprint density at radius 2 is 1.89 bits per heavy atom. The zero-order valence-corrected chi connectivity index (χ0v) is 11.4. The molecule has 7 heteroatoms. The summed E-state index contributed by atoms with van der Waals surface area (Å²) in [6, 6.07) is 2.02. The van der Waals surface area contributed by atoms with Crippen LogP contribution in [0, 0.1) is 0 Å². The highest BCUT2D eigenvalue weighted by Gasteiger charge is 2.18. The molecule has 3 rings (SSSR count). The van der Waals surface area contributed by atoms with Gasteiger partial charge in [-0.3, -0.25) is 4.98 Å². The largest absolute Gasteiger partial charge is 0.325 e. The van der Waals surface area contributed by atoms with Gasteiger partial charge < -0.3 is 10.3 Å². The highest BCUT2D eigenvalue weighted by Crippen LogP contribution is 2.28. The van der Waals surface area contributed by atoms with Gasteiger partial charge in [0, 0.05) is 6.20 Å². The molecule has 0 spiro atoms. The molecule has 2 aromatic heterocycles. The van der Waals surface area contributed by atoms with E-state index in [1.807, 2.05) is 6.07 Å². The van der Waals surface area contributed by atoms with Crippen LogP contribution in [0.2, 0.25) is 0 Å². The molecule has 0 aromatic carbocycles. The zero-order valence-electron chi connectivity index (χ0n) is 9.73. The van der Waals surface area contributed by atoms with Gasteiger partial charge in [0.2, 0.25) is 0 Å². The zero-order chi connectivity index (χ0) is 11.0. The molecule has 0 saturated carbocycles. The van der Waals surface area contributed by atoms with E-state index >= 15 is 0 Å². The number of nitrogens with one attached hydrogen (secondary N) is 3. The van der Waals surface area contributed by atoms with Gasteiger partial charge in [0.05, 0.1) is 5.52 Å². The number of piperidine rings is 1. The Balaban J connectivity index is 0.000000810. The van der Waals surface area contributed by atoms with E-state index in [0.29, 0.717) is 11.6 Å². The first-order valence-electron chi connectivity index (χ1n) is 5.62. The lowest BCUT2D eigenvalue weighted by Crippen LogP contribution is -2.26. The van der Waals surface area contributed by atoms with Crippen molar-refractivity contribution in [3.63, 3.8) is 0 Å². The minimum atomic E-state index is -0.177. The quantitative estimate of drug-likeness (QED) is 0.746. The molecule has 0 aliphatic carbocycles. The summed E-state index contributed by atoms with van der Waals surface area (Å²) < 4.78 is 0. The van der Waals surface area contributed by atoms with E-state index < -0.39 is 0 Å². The van der Waals surface area contributed by atoms with Crippen molar-refractivity contribution in [2.75, 3.05) is 13.1 Å². The number of pyridine rings is 1. The molecule has 18 heavy (non-hydrogen) atoms. The van der Waals surface area contributed by atoms with Crippen molar-refractivity contribution in [3.8, 4) is 0 Å². The number of fused-ring (bicyclic) bond motifs is 1. The fourth-order valence-corrected chi connectivity index (χ4v) is 2.43. The SMILES string of the molecule is Cl.Cl.O=c1[nH]c2nccc(C3CCNCC3)c2[nH]1. The van der Waals surface area contributed by atoms with Crippen LogP contribution in [0.3, 0.4) is 0 Å². The number of halogens is 2. The third-order valence-corrected chi connectivity index (χ3v) is 3.23. The highest BCUT2D eigenvalue weighted by molar-refractivity contribution is 5.85. The Morgan fingerprint density at radius 3 is 2.61 bits per heavy atom. The Labute approximate surface area is 117 Å². The summed E-state index contributed by atoms with van der Waals surface area (Å²) in [6.07, 6.45) is 4.00. The maximum absolute atomic E-state index is 11.3. The van der Waals surface area contributed by atoms with Gasteiger partial charge in [0.15, 0.2) is 5.65 Å². The van der Waals surface area contributed by atoms with E-state index in [0.717, 1.165) is 31.4 Å². The lowest BCUT2D eigenvalue weighted by Gasteiger charge is -2.23. The van der Waals surface area contributed by atoms with Crippen molar-refractivity contribution in [2.24, 2.45) is 0 Å². The van der Waals surface area contributed by atoms with Crippen molar-refractivity contribution in [1.82, 2.24) is 20.3 Å². The van der Waals surface area contributed by atoms with Gasteiger partial charge in [-0.2, -0.15) is 0 Å². The predicted molar refractivity (Wildman–Crippen MR) is 76.1 cm³/mol. The van der Waals surface area contributed by atoms with Crippen LogP contribution in [0.1, 0.15) is 24.3 Å². The first kappa shape index (κ1) is 15.0. The fourth-order valence-electron chi connectivity index (χ4n) is 2.43. The van der Waals surface area contributed by atoms with Crippen molar-refractivity contribution < 1.29 is 0 Å². The Hall–Kier alpha value is -1.04. The molecule has 0 bridgehead atoms. The maximum Gasteiger partial charge on any atom is 0.325 e. The van der Waals surface area contributed by atoms with Crippen LogP contribution >= 0.6 is 24.8 Å². The number of nitrogens with zero attached hydrogens (tertiary/aromatic N) is 1. The van der Waals surface area contributed by atoms with Crippen molar-refractivity contribution in [1.29, 1.82) is 0 Å². The van der Waals surface area contributed by atoms with Gasteiger partial charge in [-0.15, -0.1) is 24.8 Å². The first-order chi connectivity index (χ1) is 7.84. The first-order valence-corrected chi connectivity index (χ1v) is 5.62. The smallest absolute Gasteiger partial charge is 0.317 e. The molecule has 3 N–H and O–H groups in total. The molecule has 5 nitrogen and oxygen atoms in total. The van der Waals surface area contributed by atoms with E-state index in [2.05, 4.69) is 20.3 Å². The van der Waals surface area contributed by atoms with E-state index in [1.165, 1.54) is 5.56 Å². The highest BCUT2D eigenvalue weighted by atomic mass is 35.5. The molecule has 100 valence electrons. The van der Waals surface area contributed by atoms with E-state index in [9.17, 15) is 4.79 Å². The average molecular weight is 291 g/mol. The van der Waals surface area contributed by atoms with E-state index in [1.54, 1.807) is 6.20 Å². The minimum absolute atomic E-state index is 0. The maximum atomic E-state index is 11.3. The van der Waals surface area contributed by atoms with Gasteiger partial charge in [0.25, 0.3) is 0 Å². The Kier molecular flexibility index (Phi) is 5.19. The van der Waals surface area contributed by atoms with Crippen LogP contribution in [-0.4, -0.2) is 28.0 Å². The summed E-state index contributed by atoms with van der Waals surface area (Å²) in [4.78, 5) is 20.9. The monoisotopic (exact) mass is 290 g/mol. The van der Waals surface area contributed by atoms with Crippen molar-refractivity contribution >= 4 is 36.0 Å². The standard InChI is InChI=1S/C11H14N4O.2ClH/c16-11-14-9-8(3-6-13-10(9)15-11)7-1-4-12-5-2-7;;/h3,6-7,12H,1-2,4-5H2,(H2,13,14,15,16);2*1H. The summed E-state index contributed by atoms with van der Waals surface area (Å²) in [7, 11) is 0. The molecule has 1 aliphatic heterocycles. The summed E-state index contributed by atoms with van der Waals surface area (Å²) in [5.41, 5.74) is 2.58. The van der Waals surface area contributed by atoms with E-state index in [4.69, 9.17) is 0 Å². The number of aromatic nitrogens is 3. The van der Waals surface area contributed by atoms with Crippen LogP contribution in [0.4, 0.5) is 0 Å². The van der Waals surface area contributed by atoms with Crippen LogP contribution in [-0.2, 0) is 0 Å². The van der Waals surface area contributed by atoms with Gasteiger partial charge >= 0.3 is 5.69 Å². The normalized spacial score (nSPS) is 16.0. The predicted octanol–water partition coefficient (Wildman–Crippen LogP) is 1.56. The summed E-state index contributed by atoms with van der Waals surface area (Å²) in [5.74, 6) is 0.526. The van der Waals surface area contributed by atoms with Crippen molar-refractivity contribution in [3.05, 3.63) is 28.3 Å². The lowest BCUT2D eigenvalue weighted by atomic mass is 9.90. The molecule has 0 atom stereocenters. The second kappa shape index (κ2) is 6.22. The summed E-state index contributed by atoms with van der Waals surface area (Å²) in [6.45, 7) is 2.09. The van der Waals surface area contributed by atoms with Crippen LogP contribution in [0.25, 0.3) is 11.2 Å². The summed E-state index contributed by atoms with van der Waals surface area (Å²) >= 11 is 0. The Morgan fingerprint density at radius 1 is 1.17 bits per heavy atom. The van der Waals surface area contributed by atoms with Crippen LogP contribution in [0.15, 0.2) is 17.1 Å². The van der Waals surface area contributed by atoms with Gasteiger partial charge in [-0.05, 0) is 43.5 Å². The number of hydrogen-bond donors (Lipinski definition) is 3. The molecule has 0 unspecified atom stereocenters. The molecule has 0 amide bonds. The molecular weight excluding hydrogens is 275 g/mol. The number of hydrogen-bond acceptors (Lipinski definition) is 3. The second-order valence-electron chi connectivity index (χ2n) is 4.23. The molecule has 2 aromatic rings. The molecular formula is C11H16Cl2N4O. The second-order valence-corrected chi connectivity index (χ2v) is 4.23. The molecule has 1 aliphatic rings. The van der Waals surface area contributed by atoms with Gasteiger partial charge in [-0.25, -0.2) is 9.78 Å². The van der Waals surface area contributed by atoms with Gasteiger partial charge in [-0.1, -0.05) is 0 Å². The van der Waals surface area contributed by atoms with Crippen molar-refractivity contribution in [2.45, 2.75) is 18.8 Å². The molecule has 0 radical (unpaired) electrons. The number of aromatic amines is 2. The molecule has 3 heterocycles. The third kappa shape index (κ3) is 2.68. The van der Waals surface area contributed by atoms with Gasteiger partial charge in [0.1, 0.15) is 0 Å². The molecule has 1 fully saturated rings. The number of imidazole rings is 1. The number of rotatable bonds is 1. The fraction of sp³-hybridized carbons (Fsp3) is 0.455. The summed E-state index contributed by atoms with van der Waals surface area (Å²) in [5, 5.41) is 3.34.